The number of sulfonamides is 1. The zero-order chi connectivity index (χ0) is 19.6. The highest BCUT2D eigenvalue weighted by Crippen LogP contribution is 2.28. The second-order valence-electron chi connectivity index (χ2n) is 5.92. The van der Waals surface area contributed by atoms with Gasteiger partial charge in [-0.1, -0.05) is 6.07 Å². The van der Waals surface area contributed by atoms with Crippen LogP contribution < -0.4 is 10.1 Å². The van der Waals surface area contributed by atoms with Crippen LogP contribution in [-0.4, -0.2) is 37.7 Å². The summed E-state index contributed by atoms with van der Waals surface area (Å²) in [6, 6.07) is 9.47. The predicted molar refractivity (Wildman–Crippen MR) is 95.1 cm³/mol. The van der Waals surface area contributed by atoms with Crippen molar-refractivity contribution in [1.29, 1.82) is 0 Å². The zero-order valence-corrected chi connectivity index (χ0v) is 15.2. The van der Waals surface area contributed by atoms with Gasteiger partial charge in [0.15, 0.2) is 0 Å². The van der Waals surface area contributed by atoms with Crippen molar-refractivity contribution in [3.63, 3.8) is 0 Å². The number of carbonyl (C=O) groups is 2. The van der Waals surface area contributed by atoms with E-state index >= 15 is 0 Å². The van der Waals surface area contributed by atoms with Crippen molar-refractivity contribution < 1.29 is 27.1 Å². The van der Waals surface area contributed by atoms with Crippen LogP contribution in [0.2, 0.25) is 0 Å². The first-order valence-electron chi connectivity index (χ1n) is 8.10. The Labute approximate surface area is 155 Å². The van der Waals surface area contributed by atoms with Crippen LogP contribution in [-0.2, 0) is 19.6 Å². The average molecular weight is 392 g/mol. The van der Waals surface area contributed by atoms with E-state index in [4.69, 9.17) is 4.74 Å². The fourth-order valence-corrected chi connectivity index (χ4v) is 4.45. The van der Waals surface area contributed by atoms with E-state index in [0.29, 0.717) is 15.7 Å². The molecule has 0 bridgehead atoms. The number of halogens is 1. The summed E-state index contributed by atoms with van der Waals surface area (Å²) >= 11 is 0. The number of hydrogen-bond acceptors (Lipinski definition) is 5. The Bertz CT molecular complexity index is 976. The second kappa shape index (κ2) is 7.36. The van der Waals surface area contributed by atoms with Crippen molar-refractivity contribution in [2.45, 2.75) is 23.8 Å². The molecule has 0 aromatic heterocycles. The lowest BCUT2D eigenvalue weighted by atomic mass is 10.2. The minimum atomic E-state index is -4.27. The molecule has 1 N–H and O–H groups in total. The third-order valence-electron chi connectivity index (χ3n) is 4.17. The third-order valence-corrected chi connectivity index (χ3v) is 6.01. The number of ether oxygens (including phenoxy) is 1. The zero-order valence-electron chi connectivity index (χ0n) is 14.4. The van der Waals surface area contributed by atoms with E-state index in [2.05, 4.69) is 5.32 Å². The van der Waals surface area contributed by atoms with Gasteiger partial charge < -0.3 is 10.1 Å². The molecule has 1 aliphatic heterocycles. The molecule has 1 aliphatic rings. The van der Waals surface area contributed by atoms with Crippen molar-refractivity contribution in [3.05, 3.63) is 54.3 Å². The highest BCUT2D eigenvalue weighted by Gasteiger charge is 2.44. The number of hydrogen-bond donors (Lipinski definition) is 1. The first-order valence-corrected chi connectivity index (χ1v) is 9.54. The van der Waals surface area contributed by atoms with Gasteiger partial charge in [0.1, 0.15) is 17.6 Å². The van der Waals surface area contributed by atoms with Gasteiger partial charge in [-0.2, -0.15) is 0 Å². The monoisotopic (exact) mass is 392 g/mol. The molecule has 27 heavy (non-hydrogen) atoms. The van der Waals surface area contributed by atoms with Gasteiger partial charge in [-0.15, -0.1) is 0 Å². The van der Waals surface area contributed by atoms with E-state index in [1.807, 2.05) is 0 Å². The van der Waals surface area contributed by atoms with Gasteiger partial charge in [0.25, 0.3) is 10.0 Å². The number of methoxy groups -OCH3 is 1. The number of amides is 2. The molecule has 1 atom stereocenters. The lowest BCUT2D eigenvalue weighted by Crippen LogP contribution is -2.45. The Balaban J connectivity index is 1.87. The van der Waals surface area contributed by atoms with Gasteiger partial charge in [0.2, 0.25) is 11.8 Å². The van der Waals surface area contributed by atoms with E-state index in [9.17, 15) is 22.4 Å². The summed E-state index contributed by atoms with van der Waals surface area (Å²) < 4.78 is 44.4. The van der Waals surface area contributed by atoms with Crippen LogP contribution in [0.25, 0.3) is 0 Å². The van der Waals surface area contributed by atoms with Gasteiger partial charge >= 0.3 is 0 Å². The normalized spacial score (nSPS) is 17.0. The predicted octanol–water partition coefficient (Wildman–Crippen LogP) is 2.15. The molecule has 9 heteroatoms. The molecule has 1 fully saturated rings. The van der Waals surface area contributed by atoms with Gasteiger partial charge in [-0.25, -0.2) is 17.1 Å². The standard InChI is InChI=1S/C18H17FN2O5S/c1-26-14-4-2-3-13(11-14)20-18(23)16-9-10-17(22)21(16)27(24,25)15-7-5-12(19)6-8-15/h2-8,11,16H,9-10H2,1H3,(H,20,23)/t16-/m0/s1. The van der Waals surface area contributed by atoms with Crippen LogP contribution in [0.5, 0.6) is 5.75 Å². The molecule has 142 valence electrons. The molecule has 7 nitrogen and oxygen atoms in total. The molecule has 3 rings (SSSR count). The first-order chi connectivity index (χ1) is 12.8. The van der Waals surface area contributed by atoms with Crippen LogP contribution in [0, 0.1) is 5.82 Å². The van der Waals surface area contributed by atoms with Crippen molar-refractivity contribution in [1.82, 2.24) is 4.31 Å². The minimum Gasteiger partial charge on any atom is -0.497 e. The summed E-state index contributed by atoms with van der Waals surface area (Å²) in [5, 5.41) is 2.60. The molecule has 2 aromatic carbocycles. The summed E-state index contributed by atoms with van der Waals surface area (Å²) in [7, 11) is -2.79. The van der Waals surface area contributed by atoms with Crippen molar-refractivity contribution in [3.8, 4) is 5.75 Å². The van der Waals surface area contributed by atoms with Crippen molar-refractivity contribution in [2.24, 2.45) is 0 Å². The average Bonchev–Trinajstić information content (AvgIpc) is 3.05. The number of nitrogens with zero attached hydrogens (tertiary/aromatic N) is 1. The topological polar surface area (TPSA) is 92.8 Å². The fraction of sp³-hybridized carbons (Fsp3) is 0.222. The van der Waals surface area contributed by atoms with Crippen LogP contribution >= 0.6 is 0 Å². The van der Waals surface area contributed by atoms with Crippen LogP contribution in [0.15, 0.2) is 53.4 Å². The Morgan fingerprint density at radius 1 is 1.22 bits per heavy atom. The molecule has 0 unspecified atom stereocenters. The largest absolute Gasteiger partial charge is 0.497 e. The Morgan fingerprint density at radius 3 is 2.59 bits per heavy atom. The molecule has 1 heterocycles. The molecular weight excluding hydrogens is 375 g/mol. The number of anilines is 1. The molecule has 1 saturated heterocycles. The summed E-state index contributed by atoms with van der Waals surface area (Å²) in [4.78, 5) is 24.6. The van der Waals surface area contributed by atoms with E-state index in [1.54, 1.807) is 24.3 Å². The third kappa shape index (κ3) is 3.77. The van der Waals surface area contributed by atoms with E-state index in [1.165, 1.54) is 7.11 Å². The molecule has 0 radical (unpaired) electrons. The SMILES string of the molecule is COc1cccc(NC(=O)[C@@H]2CCC(=O)N2S(=O)(=O)c2ccc(F)cc2)c1. The second-order valence-corrected chi connectivity index (χ2v) is 7.74. The van der Waals surface area contributed by atoms with E-state index in [0.717, 1.165) is 24.3 Å². The maximum atomic E-state index is 13.1. The summed E-state index contributed by atoms with van der Waals surface area (Å²) in [6.45, 7) is 0. The van der Waals surface area contributed by atoms with E-state index in [-0.39, 0.29) is 17.7 Å². The summed E-state index contributed by atoms with van der Waals surface area (Å²) in [6.07, 6.45) is -0.00825. The van der Waals surface area contributed by atoms with Gasteiger partial charge in [-0.05, 0) is 42.8 Å². The van der Waals surface area contributed by atoms with Crippen LogP contribution in [0.3, 0.4) is 0 Å². The number of nitrogens with one attached hydrogen (secondary N) is 1. The lowest BCUT2D eigenvalue weighted by Gasteiger charge is -2.23. The fourth-order valence-electron chi connectivity index (χ4n) is 2.85. The van der Waals surface area contributed by atoms with Crippen molar-refractivity contribution >= 4 is 27.5 Å². The van der Waals surface area contributed by atoms with E-state index < -0.39 is 33.7 Å². The Morgan fingerprint density at radius 2 is 1.93 bits per heavy atom. The molecule has 2 amide bonds. The molecule has 0 spiro atoms. The Hall–Kier alpha value is -2.94. The van der Waals surface area contributed by atoms with Crippen molar-refractivity contribution in [2.75, 3.05) is 12.4 Å². The van der Waals surface area contributed by atoms with Gasteiger partial charge in [-0.3, -0.25) is 9.59 Å². The van der Waals surface area contributed by atoms with Crippen LogP contribution in [0.4, 0.5) is 10.1 Å². The highest BCUT2D eigenvalue weighted by molar-refractivity contribution is 7.89. The molecular formula is C18H17FN2O5S. The lowest BCUT2D eigenvalue weighted by molar-refractivity contribution is -0.128. The summed E-state index contributed by atoms with van der Waals surface area (Å²) in [5.41, 5.74) is 0.415. The molecule has 0 saturated carbocycles. The Kier molecular flexibility index (Phi) is 5.13. The van der Waals surface area contributed by atoms with Gasteiger partial charge in [0, 0.05) is 18.2 Å². The molecule has 2 aromatic rings. The van der Waals surface area contributed by atoms with Gasteiger partial charge in [0.05, 0.1) is 12.0 Å². The number of rotatable bonds is 5. The maximum Gasteiger partial charge on any atom is 0.267 e. The quantitative estimate of drug-likeness (QED) is 0.842. The number of carbonyl (C=O) groups excluding carboxylic acids is 2. The number of benzene rings is 2. The summed E-state index contributed by atoms with van der Waals surface area (Å²) in [5.74, 6) is -1.38. The minimum absolute atomic E-state index is 0.0645. The van der Waals surface area contributed by atoms with Crippen LogP contribution in [0.1, 0.15) is 12.8 Å². The first kappa shape index (κ1) is 18.8. The molecule has 0 aliphatic carbocycles. The highest BCUT2D eigenvalue weighted by atomic mass is 32.2. The smallest absolute Gasteiger partial charge is 0.267 e. The maximum absolute atomic E-state index is 13.1.